The van der Waals surface area contributed by atoms with E-state index in [4.69, 9.17) is 4.42 Å². The molecule has 1 amide bonds. The third-order valence-electron chi connectivity index (χ3n) is 5.00. The number of hydrogen-bond acceptors (Lipinski definition) is 4. The van der Waals surface area contributed by atoms with Gasteiger partial charge in [-0.2, -0.15) is 0 Å². The van der Waals surface area contributed by atoms with E-state index in [1.807, 2.05) is 30.3 Å². The van der Waals surface area contributed by atoms with Crippen molar-refractivity contribution in [1.29, 1.82) is 0 Å². The highest BCUT2D eigenvalue weighted by Crippen LogP contribution is 2.18. The maximum atomic E-state index is 13.4. The van der Waals surface area contributed by atoms with Crippen LogP contribution >= 0.6 is 0 Å². The molecule has 7 heteroatoms. The number of fused-ring (bicyclic) bond motifs is 1. The van der Waals surface area contributed by atoms with Crippen LogP contribution in [0.3, 0.4) is 0 Å². The fourth-order valence-electron chi connectivity index (χ4n) is 3.51. The fraction of sp³-hybridized carbons (Fsp3) is 0.174. The van der Waals surface area contributed by atoms with Gasteiger partial charge in [0, 0.05) is 12.2 Å². The Morgan fingerprint density at radius 2 is 1.67 bits per heavy atom. The van der Waals surface area contributed by atoms with E-state index in [1.165, 1.54) is 4.57 Å². The Morgan fingerprint density at radius 1 is 0.933 bits per heavy atom. The first-order valence-electron chi connectivity index (χ1n) is 9.70. The van der Waals surface area contributed by atoms with Crippen molar-refractivity contribution in [1.82, 2.24) is 9.13 Å². The normalized spacial score (nSPS) is 11.0. The summed E-state index contributed by atoms with van der Waals surface area (Å²) in [6.45, 7) is 1.99. The summed E-state index contributed by atoms with van der Waals surface area (Å²) in [5, 5.41) is 0.407. The van der Waals surface area contributed by atoms with Crippen molar-refractivity contribution in [3.63, 3.8) is 0 Å². The van der Waals surface area contributed by atoms with Crippen LogP contribution in [-0.2, 0) is 24.4 Å². The Balaban J connectivity index is 1.79. The van der Waals surface area contributed by atoms with Crippen molar-refractivity contribution in [2.45, 2.75) is 26.6 Å². The van der Waals surface area contributed by atoms with Crippen LogP contribution in [0, 0.1) is 0 Å². The van der Waals surface area contributed by atoms with Crippen molar-refractivity contribution in [3.8, 4) is 0 Å². The van der Waals surface area contributed by atoms with E-state index in [1.54, 1.807) is 54.5 Å². The standard InChI is InChI=1S/C23H21N3O4/c1-2-24-22(28)19-12-6-7-13-20(19)26(23(24)29)16-21(27)25(15-18-11-8-14-30-18)17-9-4-3-5-10-17/h3-14H,2,15-16H2,1H3. The average Bonchev–Trinajstić information content (AvgIpc) is 3.29. The lowest BCUT2D eigenvalue weighted by atomic mass is 10.2. The minimum Gasteiger partial charge on any atom is -0.467 e. The summed E-state index contributed by atoms with van der Waals surface area (Å²) in [4.78, 5) is 40.5. The summed E-state index contributed by atoms with van der Waals surface area (Å²) in [6, 6.07) is 19.6. The van der Waals surface area contributed by atoms with Gasteiger partial charge >= 0.3 is 5.69 Å². The number of amides is 1. The fourth-order valence-corrected chi connectivity index (χ4v) is 3.51. The van der Waals surface area contributed by atoms with Gasteiger partial charge in [-0.15, -0.1) is 0 Å². The number of furan rings is 1. The molecule has 0 saturated heterocycles. The molecule has 0 aliphatic rings. The van der Waals surface area contributed by atoms with E-state index in [0.29, 0.717) is 22.4 Å². The molecule has 30 heavy (non-hydrogen) atoms. The number of anilines is 1. The molecule has 4 aromatic rings. The topological polar surface area (TPSA) is 77.5 Å². The Morgan fingerprint density at radius 3 is 2.37 bits per heavy atom. The number of benzene rings is 2. The van der Waals surface area contributed by atoms with Crippen LogP contribution in [0.4, 0.5) is 5.69 Å². The maximum absolute atomic E-state index is 13.4. The Kier molecular flexibility index (Phi) is 5.34. The van der Waals surface area contributed by atoms with Crippen LogP contribution in [-0.4, -0.2) is 15.0 Å². The molecule has 0 atom stereocenters. The second-order valence-corrected chi connectivity index (χ2v) is 6.83. The first-order valence-corrected chi connectivity index (χ1v) is 9.70. The highest BCUT2D eigenvalue weighted by Gasteiger charge is 2.21. The van der Waals surface area contributed by atoms with Gasteiger partial charge in [0.15, 0.2) is 0 Å². The summed E-state index contributed by atoms with van der Waals surface area (Å²) in [5.41, 5.74) is 0.287. The molecule has 2 aromatic heterocycles. The predicted octanol–water partition coefficient (Wildman–Crippen LogP) is 3.01. The molecular formula is C23H21N3O4. The van der Waals surface area contributed by atoms with Crippen LogP contribution in [0.15, 0.2) is 87.0 Å². The molecule has 4 rings (SSSR count). The highest BCUT2D eigenvalue weighted by atomic mass is 16.3. The molecule has 2 heterocycles. The summed E-state index contributed by atoms with van der Waals surface area (Å²) >= 11 is 0. The first-order chi connectivity index (χ1) is 14.6. The van der Waals surface area contributed by atoms with Crippen LogP contribution in [0.1, 0.15) is 12.7 Å². The van der Waals surface area contributed by atoms with Gasteiger partial charge in [0.1, 0.15) is 12.3 Å². The van der Waals surface area contributed by atoms with Crippen molar-refractivity contribution >= 4 is 22.5 Å². The van der Waals surface area contributed by atoms with Crippen LogP contribution in [0.25, 0.3) is 10.9 Å². The van der Waals surface area contributed by atoms with E-state index in [-0.39, 0.29) is 31.1 Å². The molecule has 7 nitrogen and oxygen atoms in total. The van der Waals surface area contributed by atoms with Crippen LogP contribution < -0.4 is 16.1 Å². The van der Waals surface area contributed by atoms with Gasteiger partial charge in [-0.25, -0.2) is 4.79 Å². The number of para-hydroxylation sites is 2. The molecule has 2 aromatic carbocycles. The van der Waals surface area contributed by atoms with Crippen LogP contribution in [0.5, 0.6) is 0 Å². The van der Waals surface area contributed by atoms with Gasteiger partial charge in [0.05, 0.1) is 23.7 Å². The number of aromatic nitrogens is 2. The van der Waals surface area contributed by atoms with E-state index in [9.17, 15) is 14.4 Å². The van der Waals surface area contributed by atoms with E-state index in [2.05, 4.69) is 0 Å². The van der Waals surface area contributed by atoms with Gasteiger partial charge in [-0.3, -0.25) is 18.7 Å². The largest absolute Gasteiger partial charge is 0.467 e. The Hall–Kier alpha value is -3.87. The zero-order valence-corrected chi connectivity index (χ0v) is 16.5. The summed E-state index contributed by atoms with van der Waals surface area (Å²) < 4.78 is 7.93. The van der Waals surface area contributed by atoms with E-state index < -0.39 is 5.69 Å². The molecule has 0 aliphatic carbocycles. The van der Waals surface area contributed by atoms with Gasteiger partial charge < -0.3 is 9.32 Å². The van der Waals surface area contributed by atoms with Crippen molar-refractivity contribution in [3.05, 3.63) is 99.6 Å². The lowest BCUT2D eigenvalue weighted by Crippen LogP contribution is -2.43. The molecular weight excluding hydrogens is 382 g/mol. The summed E-state index contributed by atoms with van der Waals surface area (Å²) in [5.74, 6) is 0.342. The summed E-state index contributed by atoms with van der Waals surface area (Å²) in [7, 11) is 0. The molecule has 0 spiro atoms. The zero-order valence-electron chi connectivity index (χ0n) is 16.5. The summed E-state index contributed by atoms with van der Waals surface area (Å²) in [6.07, 6.45) is 1.55. The van der Waals surface area contributed by atoms with Crippen molar-refractivity contribution < 1.29 is 9.21 Å². The van der Waals surface area contributed by atoms with Gasteiger partial charge in [-0.05, 0) is 43.3 Å². The smallest absolute Gasteiger partial charge is 0.331 e. The molecule has 0 fully saturated rings. The lowest BCUT2D eigenvalue weighted by molar-refractivity contribution is -0.119. The highest BCUT2D eigenvalue weighted by molar-refractivity contribution is 5.94. The Bertz CT molecular complexity index is 1290. The molecule has 152 valence electrons. The molecule has 0 unspecified atom stereocenters. The van der Waals surface area contributed by atoms with Crippen molar-refractivity contribution in [2.75, 3.05) is 4.90 Å². The van der Waals surface area contributed by atoms with E-state index in [0.717, 1.165) is 4.57 Å². The quantitative estimate of drug-likeness (QED) is 0.496. The van der Waals surface area contributed by atoms with Gasteiger partial charge in [-0.1, -0.05) is 30.3 Å². The maximum Gasteiger partial charge on any atom is 0.331 e. The number of hydrogen-bond donors (Lipinski definition) is 0. The molecule has 0 aliphatic heterocycles. The third kappa shape index (κ3) is 3.57. The number of carbonyl (C=O) groups excluding carboxylic acids is 1. The number of nitrogens with zero attached hydrogens (tertiary/aromatic N) is 3. The minimum absolute atomic E-state index is 0.199. The average molecular weight is 403 g/mol. The molecule has 0 bridgehead atoms. The second kappa shape index (κ2) is 8.24. The van der Waals surface area contributed by atoms with Crippen LogP contribution in [0.2, 0.25) is 0 Å². The monoisotopic (exact) mass is 403 g/mol. The van der Waals surface area contributed by atoms with E-state index >= 15 is 0 Å². The zero-order chi connectivity index (χ0) is 21.1. The van der Waals surface area contributed by atoms with Gasteiger partial charge in [0.25, 0.3) is 5.56 Å². The molecule has 0 saturated carbocycles. The predicted molar refractivity (Wildman–Crippen MR) is 114 cm³/mol. The number of rotatable bonds is 6. The first kappa shape index (κ1) is 19.4. The molecule has 0 N–H and O–H groups in total. The minimum atomic E-state index is -0.499. The third-order valence-corrected chi connectivity index (χ3v) is 5.00. The lowest BCUT2D eigenvalue weighted by Gasteiger charge is -2.23. The van der Waals surface area contributed by atoms with Gasteiger partial charge in [0.2, 0.25) is 5.91 Å². The number of carbonyl (C=O) groups is 1. The second-order valence-electron chi connectivity index (χ2n) is 6.83. The SMILES string of the molecule is CCn1c(=O)c2ccccc2n(CC(=O)N(Cc2ccco2)c2ccccc2)c1=O. The Labute approximate surface area is 172 Å². The van der Waals surface area contributed by atoms with Crippen molar-refractivity contribution in [2.24, 2.45) is 0 Å². The molecule has 0 radical (unpaired) electrons.